The number of hydrogen-bond donors (Lipinski definition) is 1. The average molecular weight is 427 g/mol. The molecule has 0 spiro atoms. The fraction of sp³-hybridized carbons (Fsp3) is 0.138. The van der Waals surface area contributed by atoms with E-state index in [1.807, 2.05) is 121 Å². The lowest BCUT2D eigenvalue weighted by Crippen LogP contribution is -2.14. The second-order valence-corrected chi connectivity index (χ2v) is 7.56. The van der Waals surface area contributed by atoms with Gasteiger partial charge >= 0.3 is 5.97 Å². The zero-order valence-corrected chi connectivity index (χ0v) is 17.8. The van der Waals surface area contributed by atoms with Crippen LogP contribution in [0.15, 0.2) is 121 Å². The molecule has 0 heterocycles. The molecule has 4 aromatic carbocycles. The van der Waals surface area contributed by atoms with Crippen molar-refractivity contribution >= 4 is 5.97 Å². The monoisotopic (exact) mass is 426 g/mol. The summed E-state index contributed by atoms with van der Waals surface area (Å²) in [6, 6.07) is 38.1. The maximum atomic E-state index is 13.8. The van der Waals surface area contributed by atoms with Gasteiger partial charge < -0.3 is 5.11 Å². The minimum absolute atomic E-state index is 0.449. The van der Waals surface area contributed by atoms with Gasteiger partial charge in [-0.15, -0.1) is 0 Å². The smallest absolute Gasteiger partial charge is 0.311 e. The van der Waals surface area contributed by atoms with Gasteiger partial charge in [-0.25, -0.2) is 4.39 Å². The number of carbonyl (C=O) groups is 1. The first-order chi connectivity index (χ1) is 15.6. The lowest BCUT2D eigenvalue weighted by atomic mass is 9.92. The molecule has 162 valence electrons. The van der Waals surface area contributed by atoms with Crippen LogP contribution in [0.3, 0.4) is 0 Å². The number of rotatable bonds is 7. The number of carboxylic acid groups (broad SMARTS) is 1. The van der Waals surface area contributed by atoms with Gasteiger partial charge in [0.25, 0.3) is 0 Å². The van der Waals surface area contributed by atoms with Gasteiger partial charge in [0.05, 0.1) is 5.92 Å². The Morgan fingerprint density at radius 3 is 1.41 bits per heavy atom. The van der Waals surface area contributed by atoms with Gasteiger partial charge in [0.1, 0.15) is 6.17 Å². The highest BCUT2D eigenvalue weighted by molar-refractivity contribution is 5.76. The summed E-state index contributed by atoms with van der Waals surface area (Å²) >= 11 is 0. The minimum Gasteiger partial charge on any atom is -0.481 e. The van der Waals surface area contributed by atoms with Crippen LogP contribution < -0.4 is 0 Å². The maximum absolute atomic E-state index is 13.8. The van der Waals surface area contributed by atoms with Crippen LogP contribution in [-0.2, 0) is 17.6 Å². The second-order valence-electron chi connectivity index (χ2n) is 7.56. The first kappa shape index (κ1) is 23.0. The molecule has 3 heteroatoms. The Kier molecular flexibility index (Phi) is 8.76. The lowest BCUT2D eigenvalue weighted by Gasteiger charge is -2.12. The first-order valence-electron chi connectivity index (χ1n) is 10.7. The fourth-order valence-electron chi connectivity index (χ4n) is 3.48. The van der Waals surface area contributed by atoms with Crippen LogP contribution in [0.1, 0.15) is 34.3 Å². The molecule has 1 N–H and O–H groups in total. The molecule has 0 aliphatic heterocycles. The predicted molar refractivity (Wildman–Crippen MR) is 127 cm³/mol. The molecule has 2 atom stereocenters. The standard InChI is InChI=1S/C15H14O2.C14H13F/c16-15(17)14(13-9-5-2-6-10-13)11-12-7-3-1-4-8-12;15-14(13-9-5-2-6-10-13)11-12-7-3-1-4-8-12/h1-10,14H,11H2,(H,16,17);1-10,14H,11H2. The molecule has 0 radical (unpaired) electrons. The Bertz CT molecular complexity index is 1050. The van der Waals surface area contributed by atoms with E-state index in [4.69, 9.17) is 0 Å². The van der Waals surface area contributed by atoms with E-state index in [0.717, 1.165) is 22.3 Å². The van der Waals surface area contributed by atoms with Crippen molar-refractivity contribution in [1.29, 1.82) is 0 Å². The van der Waals surface area contributed by atoms with Crippen LogP contribution in [0, 0.1) is 0 Å². The summed E-state index contributed by atoms with van der Waals surface area (Å²) in [4.78, 5) is 11.3. The molecule has 4 rings (SSSR count). The highest BCUT2D eigenvalue weighted by Gasteiger charge is 2.19. The highest BCUT2D eigenvalue weighted by Crippen LogP contribution is 2.22. The van der Waals surface area contributed by atoms with Crippen molar-refractivity contribution in [3.05, 3.63) is 144 Å². The Labute approximate surface area is 189 Å². The van der Waals surface area contributed by atoms with Gasteiger partial charge in [0.15, 0.2) is 0 Å². The van der Waals surface area contributed by atoms with Crippen LogP contribution in [0.5, 0.6) is 0 Å². The molecule has 0 aromatic heterocycles. The first-order valence-corrected chi connectivity index (χ1v) is 10.7. The van der Waals surface area contributed by atoms with Crippen molar-refractivity contribution < 1.29 is 14.3 Å². The number of carboxylic acids is 1. The molecule has 0 fully saturated rings. The van der Waals surface area contributed by atoms with Crippen molar-refractivity contribution in [1.82, 2.24) is 0 Å². The summed E-state index contributed by atoms with van der Waals surface area (Å²) in [6.45, 7) is 0. The number of halogens is 1. The van der Waals surface area contributed by atoms with Crippen LogP contribution in [0.4, 0.5) is 4.39 Å². The van der Waals surface area contributed by atoms with Gasteiger partial charge in [-0.05, 0) is 28.7 Å². The van der Waals surface area contributed by atoms with Crippen molar-refractivity contribution in [3.63, 3.8) is 0 Å². The summed E-state index contributed by atoms with van der Waals surface area (Å²) in [6.07, 6.45) is 0.0685. The molecule has 2 nitrogen and oxygen atoms in total. The van der Waals surface area contributed by atoms with Gasteiger partial charge in [-0.1, -0.05) is 121 Å². The topological polar surface area (TPSA) is 37.3 Å². The zero-order chi connectivity index (χ0) is 22.6. The van der Waals surface area contributed by atoms with E-state index in [9.17, 15) is 14.3 Å². The fourth-order valence-corrected chi connectivity index (χ4v) is 3.48. The van der Waals surface area contributed by atoms with Crippen LogP contribution in [0.25, 0.3) is 0 Å². The van der Waals surface area contributed by atoms with Gasteiger partial charge in [-0.2, -0.15) is 0 Å². The molecule has 32 heavy (non-hydrogen) atoms. The number of aliphatic carboxylic acids is 1. The number of hydrogen-bond acceptors (Lipinski definition) is 1. The predicted octanol–water partition coefficient (Wildman–Crippen LogP) is 7.04. The van der Waals surface area contributed by atoms with Crippen LogP contribution in [-0.4, -0.2) is 11.1 Å². The summed E-state index contributed by atoms with van der Waals surface area (Å²) < 4.78 is 13.8. The van der Waals surface area contributed by atoms with Gasteiger partial charge in [0.2, 0.25) is 0 Å². The van der Waals surface area contributed by atoms with Crippen molar-refractivity contribution in [2.75, 3.05) is 0 Å². The molecule has 0 amide bonds. The van der Waals surface area contributed by atoms with E-state index in [1.54, 1.807) is 0 Å². The number of alkyl halides is 1. The van der Waals surface area contributed by atoms with E-state index in [2.05, 4.69) is 0 Å². The SMILES string of the molecule is FC(Cc1ccccc1)c1ccccc1.O=C(O)C(Cc1ccccc1)c1ccccc1. The summed E-state index contributed by atoms with van der Waals surface area (Å²) in [5.74, 6) is -1.25. The van der Waals surface area contributed by atoms with E-state index >= 15 is 0 Å². The van der Waals surface area contributed by atoms with Crippen molar-refractivity contribution in [2.45, 2.75) is 24.9 Å². The van der Waals surface area contributed by atoms with E-state index in [0.29, 0.717) is 12.8 Å². The molecule has 0 aliphatic carbocycles. The molecule has 4 aromatic rings. The molecule has 2 unspecified atom stereocenters. The Hall–Kier alpha value is -3.72. The van der Waals surface area contributed by atoms with Gasteiger partial charge in [-0.3, -0.25) is 4.79 Å². The normalized spacial score (nSPS) is 12.2. The minimum atomic E-state index is -0.909. The average Bonchev–Trinajstić information content (AvgIpc) is 2.85. The molecular weight excluding hydrogens is 399 g/mol. The summed E-state index contributed by atoms with van der Waals surface area (Å²) in [5, 5.41) is 9.29. The highest BCUT2D eigenvalue weighted by atomic mass is 19.1. The van der Waals surface area contributed by atoms with Crippen molar-refractivity contribution in [3.8, 4) is 0 Å². The van der Waals surface area contributed by atoms with Gasteiger partial charge in [0, 0.05) is 6.42 Å². The Morgan fingerprint density at radius 1 is 0.594 bits per heavy atom. The van der Waals surface area contributed by atoms with E-state index in [1.165, 1.54) is 0 Å². The van der Waals surface area contributed by atoms with E-state index in [-0.39, 0.29) is 0 Å². The number of benzene rings is 4. The third kappa shape index (κ3) is 7.21. The summed E-state index contributed by atoms with van der Waals surface area (Å²) in [7, 11) is 0. The zero-order valence-electron chi connectivity index (χ0n) is 17.8. The third-order valence-corrected chi connectivity index (χ3v) is 5.20. The molecule has 0 aliphatic rings. The molecule has 0 saturated heterocycles. The Morgan fingerprint density at radius 2 is 0.969 bits per heavy atom. The molecule has 0 saturated carbocycles. The molecule has 0 bridgehead atoms. The van der Waals surface area contributed by atoms with Crippen LogP contribution >= 0.6 is 0 Å². The largest absolute Gasteiger partial charge is 0.481 e. The Balaban J connectivity index is 0.000000182. The lowest BCUT2D eigenvalue weighted by molar-refractivity contribution is -0.138. The van der Waals surface area contributed by atoms with Crippen molar-refractivity contribution in [2.24, 2.45) is 0 Å². The molecular formula is C29H27FO2. The quantitative estimate of drug-likeness (QED) is 0.344. The third-order valence-electron chi connectivity index (χ3n) is 5.20. The summed E-state index contributed by atoms with van der Waals surface area (Å²) in [5.41, 5.74) is 3.68. The van der Waals surface area contributed by atoms with Crippen LogP contribution in [0.2, 0.25) is 0 Å². The second kappa shape index (κ2) is 12.2. The maximum Gasteiger partial charge on any atom is 0.311 e. The van der Waals surface area contributed by atoms with E-state index < -0.39 is 18.1 Å².